The molecule has 0 N–H and O–H groups in total. The average Bonchev–Trinajstić information content (AvgIpc) is 3.08. The first-order chi connectivity index (χ1) is 10.6. The number of furan rings is 1. The highest BCUT2D eigenvalue weighted by Gasteiger charge is 2.26. The van der Waals surface area contributed by atoms with Gasteiger partial charge >= 0.3 is 0 Å². The normalized spacial score (nSPS) is 15.0. The van der Waals surface area contributed by atoms with E-state index < -0.39 is 0 Å². The van der Waals surface area contributed by atoms with Gasteiger partial charge in [0.2, 0.25) is 0 Å². The van der Waals surface area contributed by atoms with E-state index >= 15 is 0 Å². The van der Waals surface area contributed by atoms with Gasteiger partial charge in [0.15, 0.2) is 5.76 Å². The topological polar surface area (TPSA) is 53.8 Å². The molecule has 114 valence electrons. The minimum atomic E-state index is -0.119. The van der Waals surface area contributed by atoms with E-state index in [-0.39, 0.29) is 11.8 Å². The second-order valence-electron chi connectivity index (χ2n) is 5.07. The second-order valence-corrected chi connectivity index (χ2v) is 6.32. The van der Waals surface area contributed by atoms with Gasteiger partial charge in [0.1, 0.15) is 0 Å². The van der Waals surface area contributed by atoms with E-state index in [4.69, 9.17) is 4.42 Å². The van der Waals surface area contributed by atoms with Crippen LogP contribution in [0.4, 0.5) is 0 Å². The van der Waals surface area contributed by atoms with Crippen molar-refractivity contribution in [3.63, 3.8) is 0 Å². The molecule has 0 aliphatic carbocycles. The minimum absolute atomic E-state index is 0.0172. The number of nitrogens with zero attached hydrogens (tertiary/aromatic N) is 2. The maximum absolute atomic E-state index is 12.5. The molecule has 1 aliphatic rings. The van der Waals surface area contributed by atoms with Crippen molar-refractivity contribution >= 4 is 34.4 Å². The molecule has 0 unspecified atom stereocenters. The molecule has 22 heavy (non-hydrogen) atoms. The fourth-order valence-corrected chi connectivity index (χ4v) is 3.02. The number of hydrogen-bond acceptors (Lipinski definition) is 3. The zero-order chi connectivity index (χ0) is 15.5. The predicted octanol–water partition coefficient (Wildman–Crippen LogP) is 2.48. The first kappa shape index (κ1) is 15.1. The SMILES string of the molecule is O=C(c1cccc(I)c1)N1CCN(C(=O)c2ccco2)CC1. The van der Waals surface area contributed by atoms with Crippen molar-refractivity contribution in [3.8, 4) is 0 Å². The molecular weight excluding hydrogens is 395 g/mol. The van der Waals surface area contributed by atoms with Gasteiger partial charge < -0.3 is 14.2 Å². The summed E-state index contributed by atoms with van der Waals surface area (Å²) in [5.41, 5.74) is 0.692. The van der Waals surface area contributed by atoms with Crippen LogP contribution >= 0.6 is 22.6 Å². The molecule has 0 spiro atoms. The summed E-state index contributed by atoms with van der Waals surface area (Å²) in [6, 6.07) is 10.9. The van der Waals surface area contributed by atoms with Gasteiger partial charge in [-0.3, -0.25) is 9.59 Å². The largest absolute Gasteiger partial charge is 0.459 e. The number of carbonyl (C=O) groups is 2. The van der Waals surface area contributed by atoms with Crippen LogP contribution in [0.1, 0.15) is 20.9 Å². The van der Waals surface area contributed by atoms with Gasteiger partial charge in [-0.05, 0) is 52.9 Å². The Morgan fingerprint density at radius 1 is 0.955 bits per heavy atom. The lowest BCUT2D eigenvalue weighted by molar-refractivity contribution is 0.0518. The Kier molecular flexibility index (Phi) is 4.47. The predicted molar refractivity (Wildman–Crippen MR) is 89.7 cm³/mol. The molecule has 2 heterocycles. The highest BCUT2D eigenvalue weighted by Crippen LogP contribution is 2.14. The van der Waals surface area contributed by atoms with Crippen molar-refractivity contribution in [1.82, 2.24) is 9.80 Å². The van der Waals surface area contributed by atoms with Crippen LogP contribution in [0.5, 0.6) is 0 Å². The molecule has 2 aromatic rings. The van der Waals surface area contributed by atoms with E-state index in [2.05, 4.69) is 22.6 Å². The van der Waals surface area contributed by atoms with Gasteiger partial charge in [0.05, 0.1) is 6.26 Å². The van der Waals surface area contributed by atoms with Crippen molar-refractivity contribution in [2.45, 2.75) is 0 Å². The Bertz CT molecular complexity index is 676. The summed E-state index contributed by atoms with van der Waals surface area (Å²) in [6.45, 7) is 2.12. The van der Waals surface area contributed by atoms with E-state index in [1.54, 1.807) is 21.9 Å². The number of hydrogen-bond donors (Lipinski definition) is 0. The average molecular weight is 410 g/mol. The van der Waals surface area contributed by atoms with Crippen LogP contribution in [-0.4, -0.2) is 47.8 Å². The van der Waals surface area contributed by atoms with Crippen molar-refractivity contribution < 1.29 is 14.0 Å². The minimum Gasteiger partial charge on any atom is -0.459 e. The summed E-state index contributed by atoms with van der Waals surface area (Å²) < 4.78 is 6.17. The zero-order valence-electron chi connectivity index (χ0n) is 11.9. The van der Waals surface area contributed by atoms with Gasteiger partial charge in [-0.25, -0.2) is 0 Å². The summed E-state index contributed by atoms with van der Waals surface area (Å²) in [6.07, 6.45) is 1.49. The maximum Gasteiger partial charge on any atom is 0.289 e. The van der Waals surface area contributed by atoms with Crippen LogP contribution in [0.15, 0.2) is 47.1 Å². The molecule has 1 aromatic carbocycles. The third kappa shape index (κ3) is 3.16. The van der Waals surface area contributed by atoms with Crippen molar-refractivity contribution in [3.05, 3.63) is 57.6 Å². The van der Waals surface area contributed by atoms with Crippen LogP contribution in [0, 0.1) is 3.57 Å². The zero-order valence-corrected chi connectivity index (χ0v) is 14.0. The van der Waals surface area contributed by atoms with E-state index in [1.165, 1.54) is 6.26 Å². The number of carbonyl (C=O) groups excluding carboxylic acids is 2. The van der Waals surface area contributed by atoms with Gasteiger partial charge in [0, 0.05) is 35.3 Å². The highest BCUT2D eigenvalue weighted by atomic mass is 127. The van der Waals surface area contributed by atoms with Crippen LogP contribution in [0.2, 0.25) is 0 Å². The summed E-state index contributed by atoms with van der Waals surface area (Å²) in [7, 11) is 0. The molecule has 1 fully saturated rings. The van der Waals surface area contributed by atoms with Crippen LogP contribution in [0.3, 0.4) is 0 Å². The van der Waals surface area contributed by atoms with Crippen LogP contribution < -0.4 is 0 Å². The van der Waals surface area contributed by atoms with E-state index in [1.807, 2.05) is 24.3 Å². The van der Waals surface area contributed by atoms with Crippen molar-refractivity contribution in [2.24, 2.45) is 0 Å². The third-order valence-electron chi connectivity index (χ3n) is 3.66. The molecule has 2 amide bonds. The number of benzene rings is 1. The Balaban J connectivity index is 1.62. The lowest BCUT2D eigenvalue weighted by atomic mass is 10.2. The van der Waals surface area contributed by atoms with E-state index in [9.17, 15) is 9.59 Å². The lowest BCUT2D eigenvalue weighted by Crippen LogP contribution is -2.50. The van der Waals surface area contributed by atoms with Crippen LogP contribution in [0.25, 0.3) is 0 Å². The second kappa shape index (κ2) is 6.51. The molecule has 0 atom stereocenters. The Morgan fingerprint density at radius 3 is 2.23 bits per heavy atom. The molecule has 1 aliphatic heterocycles. The summed E-state index contributed by atoms with van der Waals surface area (Å²) in [4.78, 5) is 28.1. The standard InChI is InChI=1S/C16H15IN2O3/c17-13-4-1-3-12(11-13)15(20)18-6-8-19(9-7-18)16(21)14-5-2-10-22-14/h1-5,10-11H,6-9H2. The maximum atomic E-state index is 12.5. The first-order valence-corrected chi connectivity index (χ1v) is 8.10. The van der Waals surface area contributed by atoms with E-state index in [0.29, 0.717) is 37.5 Å². The number of rotatable bonds is 2. The Labute approximate surface area is 142 Å². The number of piperazine rings is 1. The van der Waals surface area contributed by atoms with Gasteiger partial charge in [-0.1, -0.05) is 6.07 Å². The van der Waals surface area contributed by atoms with Gasteiger partial charge in [-0.15, -0.1) is 0 Å². The van der Waals surface area contributed by atoms with Gasteiger partial charge in [0.25, 0.3) is 11.8 Å². The monoisotopic (exact) mass is 410 g/mol. The van der Waals surface area contributed by atoms with E-state index in [0.717, 1.165) is 3.57 Å². The Morgan fingerprint density at radius 2 is 1.64 bits per heavy atom. The smallest absolute Gasteiger partial charge is 0.289 e. The molecule has 0 bridgehead atoms. The summed E-state index contributed by atoms with van der Waals surface area (Å²) in [5.74, 6) is 0.243. The van der Waals surface area contributed by atoms with Crippen LogP contribution in [-0.2, 0) is 0 Å². The first-order valence-electron chi connectivity index (χ1n) is 7.03. The molecule has 6 heteroatoms. The molecular formula is C16H15IN2O3. The quantitative estimate of drug-likeness (QED) is 0.716. The highest BCUT2D eigenvalue weighted by molar-refractivity contribution is 14.1. The molecule has 0 radical (unpaired) electrons. The van der Waals surface area contributed by atoms with Crippen molar-refractivity contribution in [2.75, 3.05) is 26.2 Å². The van der Waals surface area contributed by atoms with Gasteiger partial charge in [-0.2, -0.15) is 0 Å². The summed E-state index contributed by atoms with van der Waals surface area (Å²) in [5, 5.41) is 0. The van der Waals surface area contributed by atoms with Crippen molar-refractivity contribution in [1.29, 1.82) is 0 Å². The summed E-state index contributed by atoms with van der Waals surface area (Å²) >= 11 is 2.19. The lowest BCUT2D eigenvalue weighted by Gasteiger charge is -2.34. The molecule has 1 saturated heterocycles. The molecule has 3 rings (SSSR count). The molecule has 0 saturated carbocycles. The fourth-order valence-electron chi connectivity index (χ4n) is 2.47. The fraction of sp³-hybridized carbons (Fsp3) is 0.250. The molecule has 1 aromatic heterocycles. The molecule has 5 nitrogen and oxygen atoms in total. The number of amides is 2. The third-order valence-corrected chi connectivity index (χ3v) is 4.33. The Hall–Kier alpha value is -1.83. The number of halogens is 1.